The highest BCUT2D eigenvalue weighted by Gasteiger charge is 2.21. The number of halogens is 1. The van der Waals surface area contributed by atoms with Gasteiger partial charge in [-0.2, -0.15) is 0 Å². The number of hydrogen-bond donors (Lipinski definition) is 2. The van der Waals surface area contributed by atoms with E-state index in [0.29, 0.717) is 12.6 Å². The van der Waals surface area contributed by atoms with Gasteiger partial charge in [0, 0.05) is 38.9 Å². The fourth-order valence-electron chi connectivity index (χ4n) is 4.21. The number of benzene rings is 1. The Kier molecular flexibility index (Phi) is 11.3. The molecule has 7 nitrogen and oxygen atoms in total. The van der Waals surface area contributed by atoms with Gasteiger partial charge in [0.1, 0.15) is 12.4 Å². The highest BCUT2D eigenvalue weighted by atomic mass is 127. The molecule has 0 aliphatic heterocycles. The van der Waals surface area contributed by atoms with Crippen molar-refractivity contribution >= 4 is 35.6 Å². The van der Waals surface area contributed by atoms with Crippen LogP contribution in [0.4, 0.5) is 5.69 Å². The van der Waals surface area contributed by atoms with Crippen LogP contribution < -0.4 is 15.5 Å². The molecule has 1 saturated carbocycles. The molecule has 0 saturated heterocycles. The molecule has 2 atom stereocenters. The molecule has 2 N–H and O–H groups in total. The van der Waals surface area contributed by atoms with Crippen molar-refractivity contribution in [2.45, 2.75) is 65.0 Å². The lowest BCUT2D eigenvalue weighted by Gasteiger charge is -2.30. The highest BCUT2D eigenvalue weighted by Crippen LogP contribution is 2.26. The average molecular weight is 554 g/mol. The van der Waals surface area contributed by atoms with Crippen LogP contribution in [0.25, 0.3) is 0 Å². The zero-order valence-corrected chi connectivity index (χ0v) is 22.4. The summed E-state index contributed by atoms with van der Waals surface area (Å²) in [5.41, 5.74) is 1.25. The van der Waals surface area contributed by atoms with Crippen LogP contribution in [0.15, 0.2) is 35.3 Å². The summed E-state index contributed by atoms with van der Waals surface area (Å²) in [6.45, 7) is 6.67. The Balaban J connectivity index is 0.00000363. The number of hydrogen-bond acceptors (Lipinski definition) is 4. The summed E-state index contributed by atoms with van der Waals surface area (Å²) in [7, 11) is 4.14. The van der Waals surface area contributed by atoms with Crippen molar-refractivity contribution in [1.82, 2.24) is 25.4 Å². The summed E-state index contributed by atoms with van der Waals surface area (Å²) in [6.07, 6.45) is 7.42. The van der Waals surface area contributed by atoms with Crippen molar-refractivity contribution in [3.05, 3.63) is 42.0 Å². The Hall–Kier alpha value is -1.84. The second-order valence-electron chi connectivity index (χ2n) is 8.71. The Morgan fingerprint density at radius 2 is 2.00 bits per heavy atom. The van der Waals surface area contributed by atoms with Crippen LogP contribution in [-0.4, -0.2) is 46.9 Å². The first kappa shape index (κ1) is 26.4. The SMILES string of the molecule is CCC1CCCC(NC(=NCc2nnc(C)n2C)NCCCN(C)c2ccccc2)C1.I. The predicted octanol–water partition coefficient (Wildman–Crippen LogP) is 4.27. The van der Waals surface area contributed by atoms with E-state index in [4.69, 9.17) is 4.99 Å². The van der Waals surface area contributed by atoms with E-state index in [2.05, 4.69) is 70.0 Å². The normalized spacial score (nSPS) is 18.7. The number of aliphatic imine (C=N–C) groups is 1. The lowest BCUT2D eigenvalue weighted by atomic mass is 9.84. The van der Waals surface area contributed by atoms with Crippen LogP contribution in [0.3, 0.4) is 0 Å². The largest absolute Gasteiger partial charge is 0.375 e. The highest BCUT2D eigenvalue weighted by molar-refractivity contribution is 14.0. The molecule has 0 amide bonds. The molecule has 1 aromatic heterocycles. The molecule has 32 heavy (non-hydrogen) atoms. The zero-order chi connectivity index (χ0) is 22.1. The van der Waals surface area contributed by atoms with E-state index in [1.807, 2.05) is 18.5 Å². The standard InChI is InChI=1S/C24H39N7.HI/c1-5-20-11-9-12-21(17-20)27-24(26-18-23-29-28-19(2)31(23)4)25-15-10-16-30(3)22-13-7-6-8-14-22;/h6-8,13-14,20-21H,5,9-12,15-18H2,1-4H3,(H2,25,26,27);1H. The van der Waals surface area contributed by atoms with Crippen molar-refractivity contribution in [3.8, 4) is 0 Å². The van der Waals surface area contributed by atoms with Gasteiger partial charge >= 0.3 is 0 Å². The zero-order valence-electron chi connectivity index (χ0n) is 20.0. The third-order valence-corrected chi connectivity index (χ3v) is 6.42. The van der Waals surface area contributed by atoms with Crippen molar-refractivity contribution in [2.24, 2.45) is 18.0 Å². The number of nitrogens with one attached hydrogen (secondary N) is 2. The summed E-state index contributed by atoms with van der Waals surface area (Å²) in [5, 5.41) is 15.7. The lowest BCUT2D eigenvalue weighted by molar-refractivity contribution is 0.298. The molecule has 3 rings (SSSR count). The topological polar surface area (TPSA) is 70.4 Å². The third kappa shape index (κ3) is 7.94. The summed E-state index contributed by atoms with van der Waals surface area (Å²) in [4.78, 5) is 7.14. The molecule has 1 aliphatic rings. The minimum atomic E-state index is 0. The van der Waals surface area contributed by atoms with Crippen LogP contribution in [0.2, 0.25) is 0 Å². The number of anilines is 1. The van der Waals surface area contributed by atoms with Crippen LogP contribution in [0, 0.1) is 12.8 Å². The van der Waals surface area contributed by atoms with E-state index < -0.39 is 0 Å². The van der Waals surface area contributed by atoms with Crippen LogP contribution in [-0.2, 0) is 13.6 Å². The molecule has 0 spiro atoms. The third-order valence-electron chi connectivity index (χ3n) is 6.42. The van der Waals surface area contributed by atoms with Crippen LogP contribution >= 0.6 is 24.0 Å². The molecule has 1 aromatic carbocycles. The van der Waals surface area contributed by atoms with E-state index in [1.54, 1.807) is 0 Å². The van der Waals surface area contributed by atoms with Gasteiger partial charge in [0.25, 0.3) is 0 Å². The Morgan fingerprint density at radius 1 is 1.22 bits per heavy atom. The minimum Gasteiger partial charge on any atom is -0.375 e. The van der Waals surface area contributed by atoms with Crippen molar-refractivity contribution in [3.63, 3.8) is 0 Å². The Bertz CT molecular complexity index is 821. The smallest absolute Gasteiger partial charge is 0.191 e. The number of para-hydroxylation sites is 1. The fraction of sp³-hybridized carbons (Fsp3) is 0.625. The molecule has 1 heterocycles. The first-order valence-corrected chi connectivity index (χ1v) is 11.7. The monoisotopic (exact) mass is 553 g/mol. The molecule has 0 radical (unpaired) electrons. The van der Waals surface area contributed by atoms with E-state index >= 15 is 0 Å². The molecule has 0 bridgehead atoms. The lowest BCUT2D eigenvalue weighted by Crippen LogP contribution is -2.46. The van der Waals surface area contributed by atoms with E-state index in [0.717, 1.165) is 43.0 Å². The molecule has 1 fully saturated rings. The van der Waals surface area contributed by atoms with Gasteiger partial charge in [-0.1, -0.05) is 44.4 Å². The molecule has 1 aliphatic carbocycles. The molecular weight excluding hydrogens is 513 g/mol. The molecular formula is C24H40IN7. The van der Waals surface area contributed by atoms with E-state index in [9.17, 15) is 0 Å². The van der Waals surface area contributed by atoms with Gasteiger partial charge in [0.15, 0.2) is 11.8 Å². The maximum Gasteiger partial charge on any atom is 0.191 e. The molecule has 2 unspecified atom stereocenters. The van der Waals surface area contributed by atoms with E-state index in [1.165, 1.54) is 37.8 Å². The van der Waals surface area contributed by atoms with Gasteiger partial charge in [-0.05, 0) is 44.2 Å². The van der Waals surface area contributed by atoms with Crippen molar-refractivity contribution < 1.29 is 0 Å². The number of guanidine groups is 1. The van der Waals surface area contributed by atoms with Gasteiger partial charge in [-0.3, -0.25) is 0 Å². The predicted molar refractivity (Wildman–Crippen MR) is 144 cm³/mol. The number of aryl methyl sites for hydroxylation is 1. The van der Waals surface area contributed by atoms with Crippen molar-refractivity contribution in [2.75, 3.05) is 25.0 Å². The van der Waals surface area contributed by atoms with Crippen LogP contribution in [0.5, 0.6) is 0 Å². The maximum atomic E-state index is 4.85. The average Bonchev–Trinajstić information content (AvgIpc) is 3.12. The van der Waals surface area contributed by atoms with E-state index in [-0.39, 0.29) is 24.0 Å². The van der Waals surface area contributed by atoms with Gasteiger partial charge < -0.3 is 20.1 Å². The molecule has 8 heteroatoms. The fourth-order valence-corrected chi connectivity index (χ4v) is 4.21. The van der Waals surface area contributed by atoms with Gasteiger partial charge in [0.05, 0.1) is 0 Å². The second-order valence-corrected chi connectivity index (χ2v) is 8.71. The van der Waals surface area contributed by atoms with Gasteiger partial charge in [0.2, 0.25) is 0 Å². The van der Waals surface area contributed by atoms with Crippen LogP contribution in [0.1, 0.15) is 57.1 Å². The number of nitrogens with zero attached hydrogens (tertiary/aromatic N) is 5. The summed E-state index contributed by atoms with van der Waals surface area (Å²) in [5.74, 6) is 3.52. The quantitative estimate of drug-likeness (QED) is 0.210. The van der Waals surface area contributed by atoms with Crippen molar-refractivity contribution in [1.29, 1.82) is 0 Å². The number of aromatic nitrogens is 3. The molecule has 178 valence electrons. The van der Waals surface area contributed by atoms with Gasteiger partial charge in [-0.15, -0.1) is 34.2 Å². The summed E-state index contributed by atoms with van der Waals surface area (Å²) < 4.78 is 2.00. The van der Waals surface area contributed by atoms with Gasteiger partial charge in [-0.25, -0.2) is 4.99 Å². The Morgan fingerprint density at radius 3 is 2.69 bits per heavy atom. The second kappa shape index (κ2) is 13.6. The minimum absolute atomic E-state index is 0. The summed E-state index contributed by atoms with van der Waals surface area (Å²) >= 11 is 0. The Labute approximate surface area is 210 Å². The first-order chi connectivity index (χ1) is 15.1. The molecule has 2 aromatic rings. The first-order valence-electron chi connectivity index (χ1n) is 11.7. The maximum absolute atomic E-state index is 4.85. The number of rotatable bonds is 9. The summed E-state index contributed by atoms with van der Waals surface area (Å²) in [6, 6.07) is 11.0.